The van der Waals surface area contributed by atoms with Crippen molar-refractivity contribution in [1.29, 1.82) is 0 Å². The molecule has 1 atom stereocenters. The number of nitrogens with one attached hydrogen (secondary N) is 1. The summed E-state index contributed by atoms with van der Waals surface area (Å²) in [5, 5.41) is 19.1. The Labute approximate surface area is 160 Å². The number of furan rings is 1. The molecule has 0 spiro atoms. The van der Waals surface area contributed by atoms with E-state index in [-0.39, 0.29) is 29.4 Å². The van der Waals surface area contributed by atoms with Crippen LogP contribution in [0.1, 0.15) is 44.8 Å². The molecule has 9 nitrogen and oxygen atoms in total. The van der Waals surface area contributed by atoms with Crippen molar-refractivity contribution in [2.45, 2.75) is 50.6 Å². The number of rotatable bonds is 5. The maximum atomic E-state index is 12.9. The van der Waals surface area contributed by atoms with Crippen LogP contribution in [-0.4, -0.2) is 51.0 Å². The van der Waals surface area contributed by atoms with Gasteiger partial charge in [0.05, 0.1) is 18.0 Å². The van der Waals surface area contributed by atoms with Gasteiger partial charge in [-0.05, 0) is 25.8 Å². The fraction of sp³-hybridized carbons (Fsp3) is 0.588. The van der Waals surface area contributed by atoms with Gasteiger partial charge in [-0.1, -0.05) is 19.3 Å². The number of nitro groups is 1. The molecule has 1 N–H and O–H groups in total. The third-order valence-corrected chi connectivity index (χ3v) is 6.05. The summed E-state index contributed by atoms with van der Waals surface area (Å²) in [5.74, 6) is -0.130. The molecule has 27 heavy (non-hydrogen) atoms. The van der Waals surface area contributed by atoms with Crippen LogP contribution in [0.5, 0.6) is 0 Å². The van der Waals surface area contributed by atoms with Crippen LogP contribution in [0, 0.1) is 10.1 Å². The van der Waals surface area contributed by atoms with E-state index in [0.29, 0.717) is 5.75 Å². The van der Waals surface area contributed by atoms with Gasteiger partial charge >= 0.3 is 5.88 Å². The highest BCUT2D eigenvalue weighted by Crippen LogP contribution is 2.29. The molecule has 2 fully saturated rings. The van der Waals surface area contributed by atoms with Crippen LogP contribution < -0.4 is 5.32 Å². The molecule has 146 valence electrons. The topological polar surface area (TPSA) is 118 Å². The Morgan fingerprint density at radius 2 is 2.19 bits per heavy atom. The van der Waals surface area contributed by atoms with Gasteiger partial charge in [-0.3, -0.25) is 19.7 Å². The van der Waals surface area contributed by atoms with E-state index in [1.54, 1.807) is 6.92 Å². The van der Waals surface area contributed by atoms with Crippen LogP contribution in [0.3, 0.4) is 0 Å². The van der Waals surface area contributed by atoms with Crippen molar-refractivity contribution in [3.63, 3.8) is 0 Å². The van der Waals surface area contributed by atoms with Crippen molar-refractivity contribution < 1.29 is 18.9 Å². The van der Waals surface area contributed by atoms with Crippen molar-refractivity contribution >= 4 is 35.7 Å². The molecule has 0 aromatic carbocycles. The maximum absolute atomic E-state index is 12.9. The third kappa shape index (κ3) is 4.32. The minimum atomic E-state index is -1.12. The average Bonchev–Trinajstić information content (AvgIpc) is 3.11. The van der Waals surface area contributed by atoms with Crippen LogP contribution in [0.25, 0.3) is 0 Å². The molecule has 2 aliphatic rings. The third-order valence-electron chi connectivity index (χ3n) is 4.83. The summed E-state index contributed by atoms with van der Waals surface area (Å²) < 4.78 is 5.03. The average molecular weight is 394 g/mol. The maximum Gasteiger partial charge on any atom is 0.433 e. The Kier molecular flexibility index (Phi) is 5.83. The van der Waals surface area contributed by atoms with Gasteiger partial charge in [-0.15, -0.1) is 11.8 Å². The number of carbonyl (C=O) groups excluding carboxylic acids is 2. The smallest absolute Gasteiger partial charge is 0.400 e. The highest BCUT2D eigenvalue weighted by atomic mass is 32.2. The van der Waals surface area contributed by atoms with Gasteiger partial charge in [0.15, 0.2) is 11.3 Å². The summed E-state index contributed by atoms with van der Waals surface area (Å²) >= 11 is 1.40. The summed E-state index contributed by atoms with van der Waals surface area (Å²) in [6.45, 7) is 1.69. The van der Waals surface area contributed by atoms with Gasteiger partial charge in [0.1, 0.15) is 4.92 Å². The Bertz CT molecular complexity index is 758. The fourth-order valence-corrected chi connectivity index (χ4v) is 4.35. The summed E-state index contributed by atoms with van der Waals surface area (Å²) in [6.07, 6.45) is 6.49. The molecule has 1 aliphatic heterocycles. The van der Waals surface area contributed by atoms with Gasteiger partial charge in [0, 0.05) is 11.8 Å². The van der Waals surface area contributed by atoms with Crippen molar-refractivity contribution in [2.24, 2.45) is 5.10 Å². The minimum absolute atomic E-state index is 0.128. The molecule has 1 aromatic heterocycles. The Morgan fingerprint density at radius 1 is 1.44 bits per heavy atom. The van der Waals surface area contributed by atoms with Crippen LogP contribution in [0.4, 0.5) is 5.88 Å². The Hall–Kier alpha value is -2.36. The molecule has 2 amide bonds. The first kappa shape index (κ1) is 19.4. The summed E-state index contributed by atoms with van der Waals surface area (Å²) in [7, 11) is 0. The first-order valence-electron chi connectivity index (χ1n) is 8.90. The minimum Gasteiger partial charge on any atom is -0.400 e. The quantitative estimate of drug-likeness (QED) is 0.465. The van der Waals surface area contributed by atoms with Crippen LogP contribution in [0.15, 0.2) is 21.7 Å². The molecule has 3 rings (SSSR count). The zero-order valence-corrected chi connectivity index (χ0v) is 15.9. The molecular weight excluding hydrogens is 372 g/mol. The first-order chi connectivity index (χ1) is 12.9. The van der Waals surface area contributed by atoms with Crippen LogP contribution >= 0.6 is 11.8 Å². The molecule has 1 unspecified atom stereocenters. The second kappa shape index (κ2) is 8.12. The molecule has 1 aromatic rings. The van der Waals surface area contributed by atoms with Gasteiger partial charge < -0.3 is 9.73 Å². The molecule has 1 saturated carbocycles. The molecule has 0 radical (unpaired) electrons. The zero-order valence-electron chi connectivity index (χ0n) is 15.1. The monoisotopic (exact) mass is 394 g/mol. The largest absolute Gasteiger partial charge is 0.433 e. The van der Waals surface area contributed by atoms with Crippen molar-refractivity contribution in [2.75, 3.05) is 11.5 Å². The predicted octanol–water partition coefficient (Wildman–Crippen LogP) is 2.30. The van der Waals surface area contributed by atoms with E-state index < -0.39 is 16.3 Å². The van der Waals surface area contributed by atoms with E-state index in [9.17, 15) is 19.7 Å². The van der Waals surface area contributed by atoms with Crippen molar-refractivity contribution in [3.8, 4) is 0 Å². The highest BCUT2D eigenvalue weighted by molar-refractivity contribution is 8.00. The van der Waals surface area contributed by atoms with E-state index in [1.165, 1.54) is 41.5 Å². The standard InChI is InChI=1S/C17H22N4O5S/c1-17(16(23)19-12-5-3-2-4-6-12)11-27-10-14(22)20(17)18-9-13-7-8-15(26-13)21(24)25/h7-9,12H,2-6,10-11H2,1H3,(H,19,23)/b18-9+. The van der Waals surface area contributed by atoms with Gasteiger partial charge in [-0.25, -0.2) is 5.01 Å². The molecule has 2 heterocycles. The molecule has 10 heteroatoms. The van der Waals surface area contributed by atoms with Crippen LogP contribution in [0.2, 0.25) is 0 Å². The molecule has 0 bridgehead atoms. The second-order valence-corrected chi connectivity index (χ2v) is 7.94. The number of thioether (sulfide) groups is 1. The van der Waals surface area contributed by atoms with Crippen molar-refractivity contribution in [1.82, 2.24) is 10.3 Å². The number of hydrogen-bond donors (Lipinski definition) is 1. The fourth-order valence-electron chi connectivity index (χ4n) is 3.30. The van der Waals surface area contributed by atoms with Gasteiger partial charge in [-0.2, -0.15) is 5.10 Å². The zero-order chi connectivity index (χ0) is 19.4. The number of amides is 2. The normalized spacial score (nSPS) is 24.3. The lowest BCUT2D eigenvalue weighted by molar-refractivity contribution is -0.402. The summed E-state index contributed by atoms with van der Waals surface area (Å²) in [6, 6.07) is 2.73. The number of hydrazone groups is 1. The Balaban J connectivity index is 1.76. The number of carbonyl (C=O) groups is 2. The lowest BCUT2D eigenvalue weighted by atomic mass is 9.94. The molecular formula is C17H22N4O5S. The van der Waals surface area contributed by atoms with Gasteiger partial charge in [0.2, 0.25) is 5.91 Å². The van der Waals surface area contributed by atoms with Gasteiger partial charge in [0.25, 0.3) is 5.91 Å². The number of hydrogen-bond acceptors (Lipinski definition) is 7. The molecule has 1 saturated heterocycles. The second-order valence-electron chi connectivity index (χ2n) is 6.96. The van der Waals surface area contributed by atoms with Crippen LogP contribution in [-0.2, 0) is 9.59 Å². The predicted molar refractivity (Wildman–Crippen MR) is 101 cm³/mol. The lowest BCUT2D eigenvalue weighted by Crippen LogP contribution is -2.62. The van der Waals surface area contributed by atoms with E-state index in [0.717, 1.165) is 25.7 Å². The molecule has 1 aliphatic carbocycles. The summed E-state index contributed by atoms with van der Waals surface area (Å²) in [4.78, 5) is 35.4. The Morgan fingerprint density at radius 3 is 2.85 bits per heavy atom. The SMILES string of the molecule is CC1(C(=O)NC2CCCCC2)CSCC(=O)N1/N=C/c1ccc([N+](=O)[O-])o1. The van der Waals surface area contributed by atoms with E-state index in [1.807, 2.05) is 0 Å². The lowest BCUT2D eigenvalue weighted by Gasteiger charge is -2.40. The van der Waals surface area contributed by atoms with E-state index in [4.69, 9.17) is 4.42 Å². The number of nitrogens with zero attached hydrogens (tertiary/aromatic N) is 3. The highest BCUT2D eigenvalue weighted by Gasteiger charge is 2.46. The summed E-state index contributed by atoms with van der Waals surface area (Å²) in [5.41, 5.74) is -1.12. The first-order valence-corrected chi connectivity index (χ1v) is 10.1. The van der Waals surface area contributed by atoms with E-state index >= 15 is 0 Å². The van der Waals surface area contributed by atoms with Crippen molar-refractivity contribution in [3.05, 3.63) is 28.0 Å². The van der Waals surface area contributed by atoms with E-state index in [2.05, 4.69) is 10.4 Å².